The zero-order valence-corrected chi connectivity index (χ0v) is 11.6. The van der Waals surface area contributed by atoms with E-state index in [1.54, 1.807) is 6.20 Å². The van der Waals surface area contributed by atoms with Crippen molar-refractivity contribution < 1.29 is 0 Å². The molecule has 1 aromatic carbocycles. The number of nitrogens with two attached hydrogens (primary N) is 1. The maximum Gasteiger partial charge on any atom is 0.0960 e. The molecule has 0 fully saturated rings. The molecule has 1 aliphatic carbocycles. The van der Waals surface area contributed by atoms with Gasteiger partial charge in [-0.15, -0.1) is 0 Å². The smallest absolute Gasteiger partial charge is 0.0960 e. The van der Waals surface area contributed by atoms with Crippen molar-refractivity contribution in [3.05, 3.63) is 59.4 Å². The number of rotatable bonds is 2. The van der Waals surface area contributed by atoms with Crippen molar-refractivity contribution in [2.45, 2.75) is 19.4 Å². The SMILES string of the molecule is NCc1cc(-c2n[nH]c3c2CCc2ccccc2-3)ccn1. The summed E-state index contributed by atoms with van der Waals surface area (Å²) < 4.78 is 0. The molecule has 4 rings (SSSR count). The number of aromatic nitrogens is 3. The van der Waals surface area contributed by atoms with Crippen LogP contribution in [0.4, 0.5) is 0 Å². The molecule has 3 N–H and O–H groups in total. The molecule has 0 aliphatic heterocycles. The van der Waals surface area contributed by atoms with E-state index < -0.39 is 0 Å². The van der Waals surface area contributed by atoms with Crippen LogP contribution in [0.5, 0.6) is 0 Å². The summed E-state index contributed by atoms with van der Waals surface area (Å²) in [5.41, 5.74) is 13.8. The van der Waals surface area contributed by atoms with Gasteiger partial charge in [-0.3, -0.25) is 10.1 Å². The average Bonchev–Trinajstić information content (AvgIpc) is 2.99. The third kappa shape index (κ3) is 1.96. The van der Waals surface area contributed by atoms with E-state index in [9.17, 15) is 0 Å². The standard InChI is InChI=1S/C17H16N4/c18-10-13-9-12(7-8-19-13)16-15-6-5-11-3-1-2-4-14(11)17(15)21-20-16/h1-4,7-9H,5-6,10,18H2,(H,20,21). The molecule has 0 atom stereocenters. The molecular weight excluding hydrogens is 260 g/mol. The molecule has 0 saturated heterocycles. The number of aryl methyl sites for hydroxylation is 1. The lowest BCUT2D eigenvalue weighted by Crippen LogP contribution is -2.03. The zero-order valence-electron chi connectivity index (χ0n) is 11.6. The molecule has 0 radical (unpaired) electrons. The highest BCUT2D eigenvalue weighted by atomic mass is 15.1. The van der Waals surface area contributed by atoms with Crippen LogP contribution in [0, 0.1) is 0 Å². The minimum atomic E-state index is 0.448. The van der Waals surface area contributed by atoms with E-state index in [0.717, 1.165) is 35.5 Å². The largest absolute Gasteiger partial charge is 0.325 e. The number of pyridine rings is 1. The van der Waals surface area contributed by atoms with Gasteiger partial charge in [-0.2, -0.15) is 5.10 Å². The molecule has 1 aliphatic rings. The summed E-state index contributed by atoms with van der Waals surface area (Å²) in [5, 5.41) is 7.77. The molecule has 0 spiro atoms. The van der Waals surface area contributed by atoms with Crippen LogP contribution in [-0.2, 0) is 19.4 Å². The normalized spacial score (nSPS) is 12.8. The molecule has 2 heterocycles. The van der Waals surface area contributed by atoms with Crippen LogP contribution < -0.4 is 5.73 Å². The van der Waals surface area contributed by atoms with Crippen LogP contribution in [0.15, 0.2) is 42.6 Å². The highest BCUT2D eigenvalue weighted by Gasteiger charge is 2.22. The Morgan fingerprint density at radius 2 is 2.05 bits per heavy atom. The van der Waals surface area contributed by atoms with Gasteiger partial charge >= 0.3 is 0 Å². The Labute approximate surface area is 123 Å². The first kappa shape index (κ1) is 12.3. The molecule has 0 bridgehead atoms. The first-order chi connectivity index (χ1) is 10.4. The van der Waals surface area contributed by atoms with E-state index in [-0.39, 0.29) is 0 Å². The maximum atomic E-state index is 5.68. The molecule has 0 unspecified atom stereocenters. The van der Waals surface area contributed by atoms with Crippen LogP contribution in [-0.4, -0.2) is 15.2 Å². The van der Waals surface area contributed by atoms with E-state index in [4.69, 9.17) is 5.73 Å². The highest BCUT2D eigenvalue weighted by molar-refractivity contribution is 5.77. The summed E-state index contributed by atoms with van der Waals surface area (Å²) in [6.07, 6.45) is 3.87. The molecule has 4 heteroatoms. The summed E-state index contributed by atoms with van der Waals surface area (Å²) in [4.78, 5) is 4.25. The van der Waals surface area contributed by atoms with Crippen molar-refractivity contribution in [1.82, 2.24) is 15.2 Å². The van der Waals surface area contributed by atoms with E-state index in [1.807, 2.05) is 12.1 Å². The van der Waals surface area contributed by atoms with Crippen LogP contribution in [0.25, 0.3) is 22.5 Å². The molecular formula is C17H16N4. The fraction of sp³-hybridized carbons (Fsp3) is 0.176. The second-order valence-corrected chi connectivity index (χ2v) is 5.32. The monoisotopic (exact) mass is 276 g/mol. The van der Waals surface area contributed by atoms with Gasteiger partial charge in [-0.1, -0.05) is 24.3 Å². The fourth-order valence-corrected chi connectivity index (χ4v) is 3.05. The number of hydrogen-bond donors (Lipinski definition) is 2. The Kier molecular flexibility index (Phi) is 2.82. The van der Waals surface area contributed by atoms with Gasteiger partial charge in [0.1, 0.15) is 0 Å². The number of H-pyrrole nitrogens is 1. The molecule has 21 heavy (non-hydrogen) atoms. The zero-order chi connectivity index (χ0) is 14.2. The van der Waals surface area contributed by atoms with Gasteiger partial charge in [0.15, 0.2) is 0 Å². The fourth-order valence-electron chi connectivity index (χ4n) is 3.05. The Morgan fingerprint density at radius 1 is 1.14 bits per heavy atom. The predicted octanol–water partition coefficient (Wildman–Crippen LogP) is 2.70. The molecule has 2 aromatic heterocycles. The van der Waals surface area contributed by atoms with Crippen molar-refractivity contribution in [2.24, 2.45) is 5.73 Å². The van der Waals surface area contributed by atoms with Crippen LogP contribution in [0.1, 0.15) is 16.8 Å². The van der Waals surface area contributed by atoms with E-state index in [2.05, 4.69) is 39.4 Å². The van der Waals surface area contributed by atoms with Crippen LogP contribution >= 0.6 is 0 Å². The molecule has 0 amide bonds. The van der Waals surface area contributed by atoms with Crippen molar-refractivity contribution in [3.8, 4) is 22.5 Å². The van der Waals surface area contributed by atoms with Gasteiger partial charge in [0.05, 0.1) is 17.1 Å². The number of aromatic amines is 1. The lowest BCUT2D eigenvalue weighted by molar-refractivity contribution is 0.942. The van der Waals surface area contributed by atoms with Crippen LogP contribution in [0.3, 0.4) is 0 Å². The summed E-state index contributed by atoms with van der Waals surface area (Å²) in [7, 11) is 0. The highest BCUT2D eigenvalue weighted by Crippen LogP contribution is 2.36. The first-order valence-electron chi connectivity index (χ1n) is 7.17. The minimum absolute atomic E-state index is 0.448. The minimum Gasteiger partial charge on any atom is -0.325 e. The quantitative estimate of drug-likeness (QED) is 0.756. The van der Waals surface area contributed by atoms with Gasteiger partial charge in [0, 0.05) is 29.4 Å². The maximum absolute atomic E-state index is 5.68. The van der Waals surface area contributed by atoms with Gasteiger partial charge in [0.2, 0.25) is 0 Å². The van der Waals surface area contributed by atoms with Crippen molar-refractivity contribution in [1.29, 1.82) is 0 Å². The molecule has 0 saturated carbocycles. The molecule has 104 valence electrons. The second kappa shape index (κ2) is 4.82. The van der Waals surface area contributed by atoms with Gasteiger partial charge < -0.3 is 5.73 Å². The number of nitrogens with one attached hydrogen (secondary N) is 1. The Bertz CT molecular complexity index is 804. The first-order valence-corrected chi connectivity index (χ1v) is 7.17. The van der Waals surface area contributed by atoms with E-state index >= 15 is 0 Å². The topological polar surface area (TPSA) is 67.6 Å². The number of fused-ring (bicyclic) bond motifs is 3. The number of nitrogens with zero attached hydrogens (tertiary/aromatic N) is 2. The lowest BCUT2D eigenvalue weighted by Gasteiger charge is -2.16. The third-order valence-corrected chi connectivity index (χ3v) is 4.10. The lowest BCUT2D eigenvalue weighted by atomic mass is 9.88. The van der Waals surface area contributed by atoms with Crippen molar-refractivity contribution in [3.63, 3.8) is 0 Å². The van der Waals surface area contributed by atoms with Crippen molar-refractivity contribution >= 4 is 0 Å². The Morgan fingerprint density at radius 3 is 2.95 bits per heavy atom. The van der Waals surface area contributed by atoms with Gasteiger partial charge in [-0.05, 0) is 30.5 Å². The number of benzene rings is 1. The summed E-state index contributed by atoms with van der Waals surface area (Å²) in [5.74, 6) is 0. The van der Waals surface area contributed by atoms with E-state index in [1.165, 1.54) is 16.7 Å². The van der Waals surface area contributed by atoms with Gasteiger partial charge in [0.25, 0.3) is 0 Å². The third-order valence-electron chi connectivity index (χ3n) is 4.10. The average molecular weight is 276 g/mol. The summed E-state index contributed by atoms with van der Waals surface area (Å²) in [6.45, 7) is 0.448. The number of hydrogen-bond acceptors (Lipinski definition) is 3. The molecule has 3 aromatic rings. The molecule has 4 nitrogen and oxygen atoms in total. The van der Waals surface area contributed by atoms with Gasteiger partial charge in [-0.25, -0.2) is 0 Å². The van der Waals surface area contributed by atoms with Crippen molar-refractivity contribution in [2.75, 3.05) is 0 Å². The predicted molar refractivity (Wildman–Crippen MR) is 82.6 cm³/mol. The second-order valence-electron chi connectivity index (χ2n) is 5.32. The summed E-state index contributed by atoms with van der Waals surface area (Å²) >= 11 is 0. The van der Waals surface area contributed by atoms with E-state index in [0.29, 0.717) is 6.54 Å². The Hall–Kier alpha value is -2.46. The Balaban J connectivity index is 1.86. The van der Waals surface area contributed by atoms with Crippen LogP contribution in [0.2, 0.25) is 0 Å². The summed E-state index contributed by atoms with van der Waals surface area (Å²) in [6, 6.07) is 12.5.